The average Bonchev–Trinajstić information content (AvgIpc) is 3.57. The molecule has 1 atom stereocenters. The van der Waals surface area contributed by atoms with Gasteiger partial charge in [0.15, 0.2) is 0 Å². The molecule has 0 saturated heterocycles. The van der Waals surface area contributed by atoms with E-state index in [-0.39, 0.29) is 12.5 Å². The minimum absolute atomic E-state index is 0.00727. The average molecular weight is 440 g/mol. The van der Waals surface area contributed by atoms with Crippen molar-refractivity contribution < 1.29 is 14.6 Å². The highest BCUT2D eigenvalue weighted by molar-refractivity contribution is 5.67. The van der Waals surface area contributed by atoms with Crippen molar-refractivity contribution in [2.24, 2.45) is 0 Å². The molecule has 172 valence electrons. The molecular formula is C24H33N5O3. The molecule has 3 heterocycles. The second kappa shape index (κ2) is 10.3. The SMILES string of the molecule is COc1ccc([C@H](CC(=O)O)NCCNCCCc2ccc3c(n2)NCCC32CC2)cn1. The Balaban J connectivity index is 1.17. The molecule has 1 aliphatic heterocycles. The van der Waals surface area contributed by atoms with E-state index in [0.717, 1.165) is 49.6 Å². The first-order chi connectivity index (χ1) is 15.6. The van der Waals surface area contributed by atoms with Gasteiger partial charge < -0.3 is 25.8 Å². The molecule has 0 radical (unpaired) electrons. The Morgan fingerprint density at radius 1 is 1.22 bits per heavy atom. The summed E-state index contributed by atoms with van der Waals surface area (Å²) in [6, 6.07) is 7.79. The first-order valence-electron chi connectivity index (χ1n) is 11.5. The number of hydrogen-bond acceptors (Lipinski definition) is 7. The molecular weight excluding hydrogens is 406 g/mol. The summed E-state index contributed by atoms with van der Waals surface area (Å²) in [4.78, 5) is 20.3. The van der Waals surface area contributed by atoms with Gasteiger partial charge in [0, 0.05) is 54.6 Å². The van der Waals surface area contributed by atoms with Crippen molar-refractivity contribution in [3.63, 3.8) is 0 Å². The zero-order valence-electron chi connectivity index (χ0n) is 18.7. The summed E-state index contributed by atoms with van der Waals surface area (Å²) in [5.74, 6) is 0.771. The summed E-state index contributed by atoms with van der Waals surface area (Å²) >= 11 is 0. The van der Waals surface area contributed by atoms with Gasteiger partial charge >= 0.3 is 5.97 Å². The zero-order chi connectivity index (χ0) is 22.4. The standard InChI is InChI=1S/C24H33N5O3/c1-32-21-7-4-17(16-28-21)20(15-22(30)31)26-14-13-25-11-2-3-18-5-6-19-23(29-18)27-12-10-24(19)8-9-24/h4-7,16,20,25-26H,2-3,8-15H2,1H3,(H,27,29)(H,30,31)/t20-/m0/s1. The van der Waals surface area contributed by atoms with Crippen LogP contribution >= 0.6 is 0 Å². The number of rotatable bonds is 12. The molecule has 2 aromatic heterocycles. The number of ether oxygens (including phenoxy) is 1. The van der Waals surface area contributed by atoms with Gasteiger partial charge in [0.2, 0.25) is 5.88 Å². The van der Waals surface area contributed by atoms with Crippen LogP contribution in [0.5, 0.6) is 5.88 Å². The molecule has 8 heteroatoms. The van der Waals surface area contributed by atoms with Crippen molar-refractivity contribution >= 4 is 11.8 Å². The predicted octanol–water partition coefficient (Wildman–Crippen LogP) is 2.66. The fraction of sp³-hybridized carbons (Fsp3) is 0.542. The smallest absolute Gasteiger partial charge is 0.305 e. The van der Waals surface area contributed by atoms with Crippen LogP contribution in [-0.2, 0) is 16.6 Å². The molecule has 0 amide bonds. The fourth-order valence-electron chi connectivity index (χ4n) is 4.48. The van der Waals surface area contributed by atoms with Crippen molar-refractivity contribution in [2.75, 3.05) is 38.6 Å². The van der Waals surface area contributed by atoms with E-state index in [9.17, 15) is 9.90 Å². The molecule has 0 unspecified atom stereocenters. The van der Waals surface area contributed by atoms with Gasteiger partial charge in [0.05, 0.1) is 13.5 Å². The van der Waals surface area contributed by atoms with Crippen LogP contribution in [0.25, 0.3) is 0 Å². The molecule has 0 bridgehead atoms. The van der Waals surface area contributed by atoms with Crippen molar-refractivity contribution in [1.29, 1.82) is 0 Å². The highest BCUT2D eigenvalue weighted by atomic mass is 16.5. The maximum atomic E-state index is 11.2. The molecule has 4 N–H and O–H groups in total. The molecule has 32 heavy (non-hydrogen) atoms. The topological polar surface area (TPSA) is 108 Å². The van der Waals surface area contributed by atoms with E-state index < -0.39 is 5.97 Å². The minimum atomic E-state index is -0.842. The number of carboxylic acid groups (broad SMARTS) is 1. The third-order valence-corrected chi connectivity index (χ3v) is 6.50. The number of anilines is 1. The van der Waals surface area contributed by atoms with Gasteiger partial charge in [-0.25, -0.2) is 9.97 Å². The molecule has 2 aliphatic rings. The maximum Gasteiger partial charge on any atom is 0.305 e. The number of nitrogens with zero attached hydrogens (tertiary/aromatic N) is 2. The quantitative estimate of drug-likeness (QED) is 0.374. The van der Waals surface area contributed by atoms with Crippen LogP contribution in [0.3, 0.4) is 0 Å². The number of nitrogens with one attached hydrogen (secondary N) is 3. The first-order valence-corrected chi connectivity index (χ1v) is 11.5. The van der Waals surface area contributed by atoms with E-state index in [1.54, 1.807) is 19.4 Å². The van der Waals surface area contributed by atoms with E-state index >= 15 is 0 Å². The molecule has 8 nitrogen and oxygen atoms in total. The Morgan fingerprint density at radius 2 is 2.09 bits per heavy atom. The van der Waals surface area contributed by atoms with Crippen LogP contribution in [-0.4, -0.2) is 54.3 Å². The number of aliphatic carboxylic acids is 1. The second-order valence-electron chi connectivity index (χ2n) is 8.75. The van der Waals surface area contributed by atoms with Crippen LogP contribution in [0.4, 0.5) is 5.82 Å². The van der Waals surface area contributed by atoms with Crippen molar-refractivity contribution in [2.45, 2.75) is 50.0 Å². The Kier molecular flexibility index (Phi) is 7.22. The summed E-state index contributed by atoms with van der Waals surface area (Å²) < 4.78 is 5.07. The lowest BCUT2D eigenvalue weighted by atomic mass is 9.90. The largest absolute Gasteiger partial charge is 0.481 e. The van der Waals surface area contributed by atoms with Crippen LogP contribution in [0.1, 0.15) is 55.0 Å². The number of methoxy groups -OCH3 is 1. The van der Waals surface area contributed by atoms with E-state index in [2.05, 4.69) is 33.1 Å². The predicted molar refractivity (Wildman–Crippen MR) is 123 cm³/mol. The number of aryl methyl sites for hydroxylation is 1. The number of fused-ring (bicyclic) bond motifs is 2. The lowest BCUT2D eigenvalue weighted by molar-refractivity contribution is -0.137. The lowest BCUT2D eigenvalue weighted by Crippen LogP contribution is -2.32. The summed E-state index contributed by atoms with van der Waals surface area (Å²) in [5, 5.41) is 19.4. The van der Waals surface area contributed by atoms with Crippen LogP contribution < -0.4 is 20.7 Å². The lowest BCUT2D eigenvalue weighted by Gasteiger charge is -2.26. The monoisotopic (exact) mass is 439 g/mol. The number of pyridine rings is 2. The summed E-state index contributed by atoms with van der Waals surface area (Å²) in [5.41, 5.74) is 3.83. The van der Waals surface area contributed by atoms with Gasteiger partial charge in [-0.3, -0.25) is 4.79 Å². The van der Waals surface area contributed by atoms with E-state index in [0.29, 0.717) is 17.8 Å². The van der Waals surface area contributed by atoms with Crippen molar-refractivity contribution in [3.05, 3.63) is 47.3 Å². The molecule has 1 fully saturated rings. The van der Waals surface area contributed by atoms with E-state index in [1.807, 2.05) is 6.07 Å². The summed E-state index contributed by atoms with van der Waals surface area (Å²) in [6.45, 7) is 3.37. The van der Waals surface area contributed by atoms with E-state index in [1.165, 1.54) is 24.8 Å². The Bertz CT molecular complexity index is 914. The third-order valence-electron chi connectivity index (χ3n) is 6.50. The highest BCUT2D eigenvalue weighted by Crippen LogP contribution is 2.54. The first kappa shape index (κ1) is 22.5. The number of aromatic nitrogens is 2. The Hall–Kier alpha value is -2.71. The minimum Gasteiger partial charge on any atom is -0.481 e. The highest BCUT2D eigenvalue weighted by Gasteiger charge is 2.47. The Labute approximate surface area is 189 Å². The Morgan fingerprint density at radius 3 is 2.81 bits per heavy atom. The normalized spacial score (nSPS) is 16.8. The van der Waals surface area contributed by atoms with Gasteiger partial charge in [-0.05, 0) is 50.3 Å². The van der Waals surface area contributed by atoms with E-state index in [4.69, 9.17) is 9.72 Å². The van der Waals surface area contributed by atoms with Gasteiger partial charge in [0.1, 0.15) is 5.82 Å². The van der Waals surface area contributed by atoms with Crippen molar-refractivity contribution in [3.8, 4) is 5.88 Å². The number of carboxylic acids is 1. The third kappa shape index (κ3) is 5.55. The maximum absolute atomic E-state index is 11.2. The zero-order valence-corrected chi connectivity index (χ0v) is 18.7. The number of carbonyl (C=O) groups is 1. The molecule has 1 saturated carbocycles. The van der Waals surface area contributed by atoms with Crippen LogP contribution in [0.15, 0.2) is 30.5 Å². The molecule has 0 aromatic carbocycles. The van der Waals surface area contributed by atoms with Gasteiger partial charge in [0.25, 0.3) is 0 Å². The summed E-state index contributed by atoms with van der Waals surface area (Å²) in [7, 11) is 1.56. The van der Waals surface area contributed by atoms with Gasteiger partial charge in [-0.15, -0.1) is 0 Å². The van der Waals surface area contributed by atoms with Gasteiger partial charge in [-0.1, -0.05) is 12.1 Å². The molecule has 1 spiro atoms. The van der Waals surface area contributed by atoms with Crippen LogP contribution in [0, 0.1) is 0 Å². The number of hydrogen-bond donors (Lipinski definition) is 4. The molecule has 1 aliphatic carbocycles. The summed E-state index contributed by atoms with van der Waals surface area (Å²) in [6.07, 6.45) is 7.48. The second-order valence-corrected chi connectivity index (χ2v) is 8.75. The molecule has 2 aromatic rings. The van der Waals surface area contributed by atoms with Crippen LogP contribution in [0.2, 0.25) is 0 Å². The fourth-order valence-corrected chi connectivity index (χ4v) is 4.48. The van der Waals surface area contributed by atoms with Gasteiger partial charge in [-0.2, -0.15) is 0 Å². The van der Waals surface area contributed by atoms with Crippen molar-refractivity contribution in [1.82, 2.24) is 20.6 Å². The molecule has 4 rings (SSSR count).